The lowest BCUT2D eigenvalue weighted by molar-refractivity contribution is 0.0685. The number of halogens is 1. The van der Waals surface area contributed by atoms with Gasteiger partial charge in [-0.3, -0.25) is 0 Å². The Balaban J connectivity index is 2.15. The van der Waals surface area contributed by atoms with Crippen molar-refractivity contribution in [2.24, 2.45) is 0 Å². The molecule has 0 atom stereocenters. The number of rotatable bonds is 2. The Hall–Kier alpha value is -2.02. The van der Waals surface area contributed by atoms with E-state index in [9.17, 15) is 4.79 Å². The van der Waals surface area contributed by atoms with Crippen molar-refractivity contribution >= 4 is 21.9 Å². The molecule has 7 heteroatoms. The van der Waals surface area contributed by atoms with E-state index in [4.69, 9.17) is 19.1 Å². The Bertz CT molecular complexity index is 679. The van der Waals surface area contributed by atoms with Crippen LogP contribution in [0.5, 0.6) is 11.5 Å². The van der Waals surface area contributed by atoms with E-state index in [2.05, 4.69) is 21.1 Å². The fourth-order valence-electron chi connectivity index (χ4n) is 1.87. The minimum Gasteiger partial charge on any atom is -0.476 e. The number of ether oxygens (including phenoxy) is 2. The average Bonchev–Trinajstić information content (AvgIpc) is 2.94. The second-order valence-electron chi connectivity index (χ2n) is 4.00. The number of carbonyl (C=O) groups is 1. The highest BCUT2D eigenvalue weighted by Gasteiger charge is 2.24. The zero-order valence-electron chi connectivity index (χ0n) is 9.77. The molecule has 98 valence electrons. The lowest BCUT2D eigenvalue weighted by Gasteiger charge is -2.04. The van der Waals surface area contributed by atoms with Crippen molar-refractivity contribution in [2.75, 3.05) is 6.79 Å². The Labute approximate surface area is 116 Å². The minimum atomic E-state index is -1.15. The summed E-state index contributed by atoms with van der Waals surface area (Å²) in [4.78, 5) is 10.9. The second kappa shape index (κ2) is 4.27. The van der Waals surface area contributed by atoms with Gasteiger partial charge in [0.25, 0.3) is 0 Å². The van der Waals surface area contributed by atoms with Crippen LogP contribution in [0.1, 0.15) is 16.1 Å². The third-order valence-electron chi connectivity index (χ3n) is 2.80. The number of benzene rings is 1. The molecule has 2 heterocycles. The third kappa shape index (κ3) is 1.86. The number of nitrogens with zero attached hydrogens (tertiary/aromatic N) is 1. The van der Waals surface area contributed by atoms with Gasteiger partial charge in [-0.2, -0.15) is 0 Å². The molecule has 0 aliphatic carbocycles. The molecule has 0 fully saturated rings. The summed E-state index contributed by atoms with van der Waals surface area (Å²) in [6.45, 7) is 2.04. The fraction of sp³-hybridized carbons (Fsp3) is 0.167. The highest BCUT2D eigenvalue weighted by atomic mass is 79.9. The van der Waals surface area contributed by atoms with Gasteiger partial charge in [0.1, 0.15) is 4.47 Å². The lowest BCUT2D eigenvalue weighted by atomic mass is 10.1. The minimum absolute atomic E-state index is 0.160. The van der Waals surface area contributed by atoms with Crippen LogP contribution in [0.3, 0.4) is 0 Å². The molecule has 1 aromatic carbocycles. The van der Waals surface area contributed by atoms with Crippen molar-refractivity contribution in [2.45, 2.75) is 6.92 Å². The van der Waals surface area contributed by atoms with Gasteiger partial charge < -0.3 is 19.1 Å². The molecule has 1 aromatic heterocycles. The molecular weight excluding hydrogens is 318 g/mol. The summed E-state index contributed by atoms with van der Waals surface area (Å²) in [5.74, 6) is 0.463. The van der Waals surface area contributed by atoms with Gasteiger partial charge in [-0.25, -0.2) is 4.79 Å². The van der Waals surface area contributed by atoms with E-state index in [0.29, 0.717) is 27.3 Å². The Morgan fingerprint density at radius 1 is 1.37 bits per heavy atom. The zero-order chi connectivity index (χ0) is 13.6. The lowest BCUT2D eigenvalue weighted by Crippen LogP contribution is -1.96. The summed E-state index contributed by atoms with van der Waals surface area (Å²) in [7, 11) is 0. The van der Waals surface area contributed by atoms with Gasteiger partial charge in [0.2, 0.25) is 12.5 Å². The summed E-state index contributed by atoms with van der Waals surface area (Å²) in [5, 5.41) is 12.5. The maximum atomic E-state index is 10.9. The first-order valence-electron chi connectivity index (χ1n) is 5.37. The molecule has 0 spiro atoms. The molecular formula is C12H8BrNO5. The normalized spacial score (nSPS) is 12.7. The molecule has 1 aliphatic rings. The predicted octanol–water partition coefficient (Wildman–Crippen LogP) is 2.84. The number of aromatic nitrogens is 1. The van der Waals surface area contributed by atoms with Crippen LogP contribution in [0.15, 0.2) is 21.1 Å². The first kappa shape index (κ1) is 12.0. The third-order valence-corrected chi connectivity index (χ3v) is 3.54. The number of carboxylic acid groups (broad SMARTS) is 1. The monoisotopic (exact) mass is 325 g/mol. The Morgan fingerprint density at radius 3 is 2.68 bits per heavy atom. The van der Waals surface area contributed by atoms with E-state index in [0.717, 1.165) is 5.56 Å². The van der Waals surface area contributed by atoms with Crippen LogP contribution < -0.4 is 9.47 Å². The van der Waals surface area contributed by atoms with E-state index >= 15 is 0 Å². The Kier molecular flexibility index (Phi) is 2.70. The number of carboxylic acids is 1. The molecule has 0 saturated heterocycles. The average molecular weight is 326 g/mol. The van der Waals surface area contributed by atoms with Gasteiger partial charge in [0.05, 0.1) is 0 Å². The molecule has 1 N–H and O–H groups in total. The largest absolute Gasteiger partial charge is 0.476 e. The molecule has 0 saturated carbocycles. The maximum Gasteiger partial charge on any atom is 0.359 e. The van der Waals surface area contributed by atoms with Gasteiger partial charge in [0, 0.05) is 5.56 Å². The summed E-state index contributed by atoms with van der Waals surface area (Å²) in [5.41, 5.74) is 1.42. The second-order valence-corrected chi connectivity index (χ2v) is 4.79. The molecule has 0 unspecified atom stereocenters. The van der Waals surface area contributed by atoms with E-state index in [1.165, 1.54) is 0 Å². The summed E-state index contributed by atoms with van der Waals surface area (Å²) >= 11 is 3.19. The zero-order valence-corrected chi connectivity index (χ0v) is 11.4. The molecule has 1 aliphatic heterocycles. The van der Waals surface area contributed by atoms with Gasteiger partial charge in [-0.05, 0) is 40.5 Å². The molecule has 0 amide bonds. The van der Waals surface area contributed by atoms with Gasteiger partial charge in [-0.15, -0.1) is 0 Å². The SMILES string of the molecule is Cc1cc2c(cc1-c1onc(C(=O)O)c1Br)OCO2. The molecule has 2 aromatic rings. The van der Waals surface area contributed by atoms with Crippen LogP contribution in [0.4, 0.5) is 0 Å². The number of aryl methyl sites for hydroxylation is 1. The number of hydrogen-bond donors (Lipinski definition) is 1. The van der Waals surface area contributed by atoms with Crippen LogP contribution in [0.2, 0.25) is 0 Å². The number of aromatic carboxylic acids is 1. The maximum absolute atomic E-state index is 10.9. The molecule has 3 rings (SSSR count). The smallest absolute Gasteiger partial charge is 0.359 e. The van der Waals surface area contributed by atoms with Gasteiger partial charge in [-0.1, -0.05) is 5.16 Å². The molecule has 0 bridgehead atoms. The highest BCUT2D eigenvalue weighted by Crippen LogP contribution is 2.41. The van der Waals surface area contributed by atoms with Crippen LogP contribution in [0.25, 0.3) is 11.3 Å². The van der Waals surface area contributed by atoms with Crippen molar-refractivity contribution in [3.63, 3.8) is 0 Å². The van der Waals surface area contributed by atoms with E-state index < -0.39 is 5.97 Å². The van der Waals surface area contributed by atoms with Crippen molar-refractivity contribution < 1.29 is 23.9 Å². The van der Waals surface area contributed by atoms with Crippen LogP contribution >= 0.6 is 15.9 Å². The Morgan fingerprint density at radius 2 is 2.05 bits per heavy atom. The molecule has 19 heavy (non-hydrogen) atoms. The van der Waals surface area contributed by atoms with Crippen molar-refractivity contribution in [1.29, 1.82) is 0 Å². The van der Waals surface area contributed by atoms with Crippen LogP contribution in [0, 0.1) is 6.92 Å². The quantitative estimate of drug-likeness (QED) is 0.914. The standard InChI is InChI=1S/C12H8BrNO5/c1-5-2-7-8(18-4-17-7)3-6(5)11-9(13)10(12(15)16)14-19-11/h2-3H,4H2,1H3,(H,15,16). The molecule has 0 radical (unpaired) electrons. The highest BCUT2D eigenvalue weighted by molar-refractivity contribution is 9.10. The van der Waals surface area contributed by atoms with Crippen LogP contribution in [-0.2, 0) is 0 Å². The van der Waals surface area contributed by atoms with Gasteiger partial charge in [0.15, 0.2) is 17.3 Å². The topological polar surface area (TPSA) is 81.8 Å². The summed E-state index contributed by atoms with van der Waals surface area (Å²) in [6.07, 6.45) is 0. The number of fused-ring (bicyclic) bond motifs is 1. The van der Waals surface area contributed by atoms with Gasteiger partial charge >= 0.3 is 5.97 Å². The van der Waals surface area contributed by atoms with Crippen LogP contribution in [-0.4, -0.2) is 23.0 Å². The van der Waals surface area contributed by atoms with E-state index in [-0.39, 0.29) is 12.5 Å². The van der Waals surface area contributed by atoms with E-state index in [1.807, 2.05) is 13.0 Å². The first-order valence-corrected chi connectivity index (χ1v) is 6.16. The van der Waals surface area contributed by atoms with Crippen molar-refractivity contribution in [3.05, 3.63) is 27.9 Å². The fourth-order valence-corrected chi connectivity index (χ4v) is 2.40. The molecule has 6 nitrogen and oxygen atoms in total. The van der Waals surface area contributed by atoms with Crippen molar-refractivity contribution in [1.82, 2.24) is 5.16 Å². The van der Waals surface area contributed by atoms with E-state index in [1.54, 1.807) is 6.07 Å². The summed E-state index contributed by atoms with van der Waals surface area (Å²) < 4.78 is 16.0. The number of hydrogen-bond acceptors (Lipinski definition) is 5. The predicted molar refractivity (Wildman–Crippen MR) is 67.5 cm³/mol. The summed E-state index contributed by atoms with van der Waals surface area (Å²) in [6, 6.07) is 3.56. The van der Waals surface area contributed by atoms with Crippen molar-refractivity contribution in [3.8, 4) is 22.8 Å². The first-order chi connectivity index (χ1) is 9.08.